The van der Waals surface area contributed by atoms with Crippen LogP contribution in [0.4, 0.5) is 0 Å². The highest BCUT2D eigenvalue weighted by Crippen LogP contribution is 2.20. The zero-order valence-electron chi connectivity index (χ0n) is 15.1. The van der Waals surface area contributed by atoms with Gasteiger partial charge >= 0.3 is 9.28 Å². The first kappa shape index (κ1) is 20.5. The maximum atomic E-state index is 5.74. The van der Waals surface area contributed by atoms with Crippen LogP contribution in [0.5, 0.6) is 0 Å². The number of rotatable bonds is 11. The van der Waals surface area contributed by atoms with E-state index in [9.17, 15) is 0 Å². The maximum Gasteiger partial charge on any atom is 0.321 e. The number of hydrogen-bond donors (Lipinski definition) is 0. The lowest BCUT2D eigenvalue weighted by atomic mass is 10.3. The Morgan fingerprint density at radius 1 is 0.800 bits per heavy atom. The second-order valence-corrected chi connectivity index (χ2v) is 19.6. The molecule has 122 valence electrons. The van der Waals surface area contributed by atoms with Crippen LogP contribution in [-0.4, -0.2) is 49.7 Å². The van der Waals surface area contributed by atoms with Gasteiger partial charge in [0.25, 0.3) is 0 Å². The van der Waals surface area contributed by atoms with Crippen molar-refractivity contribution in [2.45, 2.75) is 72.0 Å². The molecule has 0 heterocycles. The normalized spacial score (nSPS) is 13.5. The van der Waals surface area contributed by atoms with E-state index in [2.05, 4.69) is 57.4 Å². The molecular weight excluding hydrogens is 298 g/mol. The molecule has 3 nitrogen and oxygen atoms in total. The fourth-order valence-corrected chi connectivity index (χ4v) is 14.3. The Hall–Kier alpha value is 0.531. The fourth-order valence-electron chi connectivity index (χ4n) is 2.84. The average Bonchev–Trinajstić information content (AvgIpc) is 2.25. The largest absolute Gasteiger partial charge is 0.397 e. The summed E-state index contributed by atoms with van der Waals surface area (Å²) in [6.45, 7) is 21.9. The standard InChI is InChI=1S/C14H37NO2Si3/c1-9-16-18(17-10-2)14-12-11-13-15(19(3,4)5)20(6,7)8/h18H,9-14H2,1-8H3. The summed E-state index contributed by atoms with van der Waals surface area (Å²) in [5.74, 6) is 0. The molecular formula is C14H37NO2Si3. The third-order valence-corrected chi connectivity index (χ3v) is 13.4. The zero-order chi connectivity index (χ0) is 15.8. The SMILES string of the molecule is CCO[SiH](CCCCN([Si](C)(C)C)[Si](C)(C)C)OCC. The minimum Gasteiger partial charge on any atom is -0.397 e. The van der Waals surface area contributed by atoms with E-state index in [0.717, 1.165) is 19.3 Å². The predicted molar refractivity (Wildman–Crippen MR) is 97.8 cm³/mol. The molecule has 0 aromatic heterocycles. The van der Waals surface area contributed by atoms with Crippen LogP contribution in [0.25, 0.3) is 0 Å². The molecule has 0 saturated heterocycles. The molecule has 0 amide bonds. The van der Waals surface area contributed by atoms with Crippen LogP contribution in [0.15, 0.2) is 0 Å². The van der Waals surface area contributed by atoms with Gasteiger partial charge in [0, 0.05) is 13.2 Å². The summed E-state index contributed by atoms with van der Waals surface area (Å²) >= 11 is 0. The fraction of sp³-hybridized carbons (Fsp3) is 1.00. The Morgan fingerprint density at radius 3 is 1.60 bits per heavy atom. The van der Waals surface area contributed by atoms with E-state index in [1.807, 2.05) is 0 Å². The highest BCUT2D eigenvalue weighted by Gasteiger charge is 2.33. The zero-order valence-corrected chi connectivity index (χ0v) is 18.2. The molecule has 0 unspecified atom stereocenters. The van der Waals surface area contributed by atoms with E-state index in [1.54, 1.807) is 0 Å². The Bertz CT molecular complexity index is 232. The van der Waals surface area contributed by atoms with E-state index in [1.165, 1.54) is 19.4 Å². The quantitative estimate of drug-likeness (QED) is 0.420. The molecule has 0 aromatic rings. The topological polar surface area (TPSA) is 21.7 Å². The van der Waals surface area contributed by atoms with Gasteiger partial charge in [0.1, 0.15) is 16.5 Å². The average molecular weight is 336 g/mol. The molecule has 0 fully saturated rings. The van der Waals surface area contributed by atoms with Crippen LogP contribution < -0.4 is 0 Å². The first-order valence-corrected chi connectivity index (χ1v) is 16.8. The summed E-state index contributed by atoms with van der Waals surface area (Å²) < 4.78 is 14.4. The molecule has 0 aromatic carbocycles. The van der Waals surface area contributed by atoms with Crippen LogP contribution in [-0.2, 0) is 8.85 Å². The van der Waals surface area contributed by atoms with Crippen LogP contribution in [0, 0.1) is 0 Å². The van der Waals surface area contributed by atoms with Gasteiger partial charge in [0.05, 0.1) is 0 Å². The Morgan fingerprint density at radius 2 is 1.25 bits per heavy atom. The number of nitrogens with zero attached hydrogens (tertiary/aromatic N) is 1. The van der Waals surface area contributed by atoms with Crippen molar-refractivity contribution in [1.29, 1.82) is 0 Å². The van der Waals surface area contributed by atoms with Crippen LogP contribution in [0.3, 0.4) is 0 Å². The summed E-state index contributed by atoms with van der Waals surface area (Å²) in [5, 5.41) is 0. The van der Waals surface area contributed by atoms with Crippen molar-refractivity contribution in [1.82, 2.24) is 4.23 Å². The number of hydrogen-bond acceptors (Lipinski definition) is 3. The summed E-state index contributed by atoms with van der Waals surface area (Å²) in [6.07, 6.45) is 2.54. The monoisotopic (exact) mass is 335 g/mol. The summed E-state index contributed by atoms with van der Waals surface area (Å²) in [4.78, 5) is 0. The summed E-state index contributed by atoms with van der Waals surface area (Å²) in [7, 11) is -3.75. The summed E-state index contributed by atoms with van der Waals surface area (Å²) in [6, 6.07) is 1.16. The molecule has 0 saturated carbocycles. The van der Waals surface area contributed by atoms with Crippen molar-refractivity contribution >= 4 is 25.8 Å². The minimum atomic E-state index is -1.38. The van der Waals surface area contributed by atoms with Gasteiger partial charge in [-0.25, -0.2) is 0 Å². The molecule has 0 N–H and O–H groups in total. The molecule has 0 radical (unpaired) electrons. The minimum absolute atomic E-state index is 0.798. The van der Waals surface area contributed by atoms with E-state index in [0.29, 0.717) is 0 Å². The van der Waals surface area contributed by atoms with Gasteiger partial charge in [0.15, 0.2) is 0 Å². The van der Waals surface area contributed by atoms with Crippen molar-refractivity contribution in [3.8, 4) is 0 Å². The molecule has 0 aliphatic carbocycles. The first-order chi connectivity index (χ1) is 9.12. The van der Waals surface area contributed by atoms with Gasteiger partial charge in [-0.2, -0.15) is 0 Å². The van der Waals surface area contributed by atoms with Gasteiger partial charge in [-0.1, -0.05) is 45.7 Å². The third kappa shape index (κ3) is 8.74. The number of unbranched alkanes of at least 4 members (excludes halogenated alkanes) is 1. The molecule has 6 heteroatoms. The van der Waals surface area contributed by atoms with Crippen molar-refractivity contribution < 1.29 is 8.85 Å². The van der Waals surface area contributed by atoms with Gasteiger partial charge in [-0.15, -0.1) is 0 Å². The van der Waals surface area contributed by atoms with E-state index in [-0.39, 0.29) is 0 Å². The molecule has 0 atom stereocenters. The Kier molecular flexibility index (Phi) is 9.78. The molecule has 0 spiro atoms. The molecule has 0 bridgehead atoms. The van der Waals surface area contributed by atoms with Crippen molar-refractivity contribution in [2.75, 3.05) is 19.8 Å². The molecule has 0 rings (SSSR count). The van der Waals surface area contributed by atoms with Crippen LogP contribution in [0.2, 0.25) is 45.3 Å². The van der Waals surface area contributed by atoms with Gasteiger partial charge in [0.2, 0.25) is 0 Å². The molecule has 0 aliphatic heterocycles. The van der Waals surface area contributed by atoms with Gasteiger partial charge in [-0.3, -0.25) is 0 Å². The first-order valence-electron chi connectivity index (χ1n) is 8.13. The van der Waals surface area contributed by atoms with Gasteiger partial charge in [-0.05, 0) is 32.9 Å². The second kappa shape index (κ2) is 9.53. The predicted octanol–water partition coefficient (Wildman–Crippen LogP) is 4.03. The molecule has 0 aliphatic rings. The molecule has 20 heavy (non-hydrogen) atoms. The lowest BCUT2D eigenvalue weighted by Gasteiger charge is -2.43. The smallest absolute Gasteiger partial charge is 0.321 e. The van der Waals surface area contributed by atoms with Crippen molar-refractivity contribution in [3.63, 3.8) is 0 Å². The summed E-state index contributed by atoms with van der Waals surface area (Å²) in [5.41, 5.74) is 0. The van der Waals surface area contributed by atoms with E-state index in [4.69, 9.17) is 8.85 Å². The highest BCUT2D eigenvalue weighted by atomic mass is 28.4. The lowest BCUT2D eigenvalue weighted by Crippen LogP contribution is -2.59. The van der Waals surface area contributed by atoms with Gasteiger partial charge < -0.3 is 13.1 Å². The maximum absolute atomic E-state index is 5.74. The lowest BCUT2D eigenvalue weighted by molar-refractivity contribution is 0.212. The Balaban J connectivity index is 4.18. The third-order valence-electron chi connectivity index (χ3n) is 3.40. The Labute approximate surface area is 131 Å². The van der Waals surface area contributed by atoms with Crippen molar-refractivity contribution in [3.05, 3.63) is 0 Å². The van der Waals surface area contributed by atoms with E-state index >= 15 is 0 Å². The van der Waals surface area contributed by atoms with Crippen LogP contribution >= 0.6 is 0 Å². The van der Waals surface area contributed by atoms with Crippen molar-refractivity contribution in [2.24, 2.45) is 0 Å². The second-order valence-electron chi connectivity index (χ2n) is 7.33. The highest BCUT2D eigenvalue weighted by molar-refractivity contribution is 6.89. The van der Waals surface area contributed by atoms with E-state index < -0.39 is 25.8 Å². The van der Waals surface area contributed by atoms with Crippen LogP contribution in [0.1, 0.15) is 26.7 Å².